The van der Waals surface area contributed by atoms with E-state index in [-0.39, 0.29) is 32.0 Å². The van der Waals surface area contributed by atoms with Crippen molar-refractivity contribution in [2.45, 2.75) is 32.0 Å². The van der Waals surface area contributed by atoms with E-state index >= 15 is 0 Å². The van der Waals surface area contributed by atoms with Crippen LogP contribution in [0, 0.1) is 11.5 Å². The number of carbonyl (C=O) groups is 1. The van der Waals surface area contributed by atoms with Crippen molar-refractivity contribution in [2.75, 3.05) is 26.2 Å². The second kappa shape index (κ2) is 11.0. The standard InChI is InChI=1S/C19H22ClF3N6O2/c1-2-28(16(31)11-30)15-10-29(27-17(15)13-4-6-14(20)7-5-13)18(26-12-24)25-9-3-8-19(21,22)23/h4-7,15,30H,2-3,8-11H2,1H3,(H,25,26). The van der Waals surface area contributed by atoms with Gasteiger partial charge in [0.25, 0.3) is 0 Å². The zero-order valence-electron chi connectivity index (χ0n) is 16.7. The predicted molar refractivity (Wildman–Crippen MR) is 109 cm³/mol. The molecule has 1 aromatic rings. The fourth-order valence-electron chi connectivity index (χ4n) is 3.10. The number of nitrogens with one attached hydrogen (secondary N) is 1. The summed E-state index contributed by atoms with van der Waals surface area (Å²) in [6, 6.07) is 6.16. The molecule has 12 heteroatoms. The van der Waals surface area contributed by atoms with Crippen LogP contribution < -0.4 is 5.32 Å². The SMILES string of the molecule is CCN(C(=O)CO)C1CN(C(=NCCCC(F)(F)F)NC#N)N=C1c1ccc(Cl)cc1. The number of likely N-dealkylation sites (N-methyl/N-ethyl adjacent to an activating group) is 1. The number of aliphatic hydroxyl groups excluding tert-OH is 1. The average Bonchev–Trinajstić information content (AvgIpc) is 3.15. The molecule has 1 aliphatic rings. The minimum atomic E-state index is -4.29. The average molecular weight is 459 g/mol. The van der Waals surface area contributed by atoms with Crippen LogP contribution in [-0.2, 0) is 4.79 Å². The summed E-state index contributed by atoms with van der Waals surface area (Å²) in [5.41, 5.74) is 1.14. The van der Waals surface area contributed by atoms with E-state index in [0.29, 0.717) is 16.3 Å². The number of nitriles is 1. The predicted octanol–water partition coefficient (Wildman–Crippen LogP) is 2.34. The van der Waals surface area contributed by atoms with Gasteiger partial charge in [0.1, 0.15) is 6.61 Å². The molecule has 1 aromatic carbocycles. The molecular weight excluding hydrogens is 437 g/mol. The maximum Gasteiger partial charge on any atom is 0.389 e. The Labute approximate surface area is 182 Å². The van der Waals surface area contributed by atoms with Gasteiger partial charge in [-0.25, -0.2) is 5.01 Å². The van der Waals surface area contributed by atoms with Crippen molar-refractivity contribution in [1.82, 2.24) is 15.2 Å². The third-order valence-electron chi connectivity index (χ3n) is 4.49. The second-order valence-electron chi connectivity index (χ2n) is 6.59. The second-order valence-corrected chi connectivity index (χ2v) is 7.03. The summed E-state index contributed by atoms with van der Waals surface area (Å²) in [5.74, 6) is -0.529. The van der Waals surface area contributed by atoms with Gasteiger partial charge in [-0.2, -0.15) is 23.5 Å². The van der Waals surface area contributed by atoms with Crippen LogP contribution in [0.2, 0.25) is 5.02 Å². The molecule has 1 amide bonds. The van der Waals surface area contributed by atoms with Crippen LogP contribution in [0.4, 0.5) is 13.2 Å². The van der Waals surface area contributed by atoms with Gasteiger partial charge in [-0.15, -0.1) is 0 Å². The van der Waals surface area contributed by atoms with Gasteiger partial charge in [-0.1, -0.05) is 23.7 Å². The number of hydrogen-bond acceptors (Lipinski definition) is 5. The summed E-state index contributed by atoms with van der Waals surface area (Å²) >= 11 is 5.95. The van der Waals surface area contributed by atoms with E-state index in [1.807, 2.05) is 0 Å². The Morgan fingerprint density at radius 2 is 2.13 bits per heavy atom. The van der Waals surface area contributed by atoms with Crippen molar-refractivity contribution in [1.29, 1.82) is 5.26 Å². The van der Waals surface area contributed by atoms with Gasteiger partial charge in [0.05, 0.1) is 18.3 Å². The number of nitrogens with zero attached hydrogens (tertiary/aromatic N) is 5. The number of guanidine groups is 1. The van der Waals surface area contributed by atoms with E-state index in [2.05, 4.69) is 15.4 Å². The fourth-order valence-corrected chi connectivity index (χ4v) is 3.23. The van der Waals surface area contributed by atoms with Gasteiger partial charge in [0.2, 0.25) is 11.9 Å². The number of rotatable bonds is 7. The van der Waals surface area contributed by atoms with Crippen LogP contribution in [0.1, 0.15) is 25.3 Å². The Kier molecular flexibility index (Phi) is 8.65. The Hall–Kier alpha value is -2.84. The molecule has 8 nitrogen and oxygen atoms in total. The number of hydrogen-bond donors (Lipinski definition) is 2. The maximum absolute atomic E-state index is 12.4. The summed E-state index contributed by atoms with van der Waals surface area (Å²) in [4.78, 5) is 17.7. The van der Waals surface area contributed by atoms with Crippen molar-refractivity contribution in [3.05, 3.63) is 34.9 Å². The lowest BCUT2D eigenvalue weighted by Gasteiger charge is -2.28. The minimum Gasteiger partial charge on any atom is -0.387 e. The van der Waals surface area contributed by atoms with E-state index in [9.17, 15) is 23.1 Å². The summed E-state index contributed by atoms with van der Waals surface area (Å²) < 4.78 is 37.1. The smallest absolute Gasteiger partial charge is 0.387 e. The molecule has 0 fully saturated rings. The molecule has 1 atom stereocenters. The van der Waals surface area contributed by atoms with Crippen LogP contribution in [0.5, 0.6) is 0 Å². The van der Waals surface area contributed by atoms with Crippen molar-refractivity contribution >= 4 is 29.2 Å². The molecular formula is C19H22ClF3N6O2. The molecule has 0 saturated heterocycles. The molecule has 0 aromatic heterocycles. The lowest BCUT2D eigenvalue weighted by molar-refractivity contribution is -0.135. The summed E-state index contributed by atoms with van der Waals surface area (Å²) in [5, 5.41) is 27.0. The van der Waals surface area contributed by atoms with Gasteiger partial charge in [-0.3, -0.25) is 15.1 Å². The number of amides is 1. The number of carbonyl (C=O) groups excluding carboxylic acids is 1. The summed E-state index contributed by atoms with van der Waals surface area (Å²) in [6.45, 7) is 1.28. The monoisotopic (exact) mass is 458 g/mol. The number of alkyl halides is 3. The molecule has 2 rings (SSSR count). The van der Waals surface area contributed by atoms with Gasteiger partial charge in [0, 0.05) is 30.1 Å². The zero-order chi connectivity index (χ0) is 23.0. The van der Waals surface area contributed by atoms with Crippen LogP contribution >= 0.6 is 11.6 Å². The van der Waals surface area contributed by atoms with Gasteiger partial charge in [-0.05, 0) is 25.5 Å². The number of aliphatic imine (C=N–C) groups is 1. The van der Waals surface area contributed by atoms with Crippen molar-refractivity contribution in [3.8, 4) is 6.19 Å². The lowest BCUT2D eigenvalue weighted by atomic mass is 10.0. The summed E-state index contributed by atoms with van der Waals surface area (Å²) in [6.07, 6.45) is -3.82. The van der Waals surface area contributed by atoms with Gasteiger partial charge < -0.3 is 10.0 Å². The first-order valence-corrected chi connectivity index (χ1v) is 9.86. The Bertz CT molecular complexity index is 867. The first-order chi connectivity index (χ1) is 14.7. The lowest BCUT2D eigenvalue weighted by Crippen LogP contribution is -2.49. The van der Waals surface area contributed by atoms with Crippen LogP contribution in [0.15, 0.2) is 34.4 Å². The molecule has 1 unspecified atom stereocenters. The van der Waals surface area contributed by atoms with Crippen molar-refractivity contribution in [3.63, 3.8) is 0 Å². The molecule has 1 heterocycles. The molecule has 0 radical (unpaired) electrons. The highest BCUT2D eigenvalue weighted by atomic mass is 35.5. The van der Waals surface area contributed by atoms with Crippen LogP contribution in [0.25, 0.3) is 0 Å². The number of halogens is 4. The summed E-state index contributed by atoms with van der Waals surface area (Å²) in [7, 11) is 0. The van der Waals surface area contributed by atoms with E-state index in [0.717, 1.165) is 0 Å². The molecule has 0 aliphatic carbocycles. The first-order valence-electron chi connectivity index (χ1n) is 9.48. The third-order valence-corrected chi connectivity index (χ3v) is 4.75. The maximum atomic E-state index is 12.4. The largest absolute Gasteiger partial charge is 0.389 e. The normalized spacial score (nSPS) is 16.7. The van der Waals surface area contributed by atoms with Gasteiger partial charge in [0.15, 0.2) is 6.19 Å². The highest BCUT2D eigenvalue weighted by Crippen LogP contribution is 2.23. The first kappa shape index (κ1) is 24.4. The highest BCUT2D eigenvalue weighted by Gasteiger charge is 2.36. The molecule has 0 saturated carbocycles. The third kappa shape index (κ3) is 6.83. The van der Waals surface area contributed by atoms with E-state index in [4.69, 9.17) is 16.9 Å². The Morgan fingerprint density at radius 1 is 1.45 bits per heavy atom. The molecule has 31 heavy (non-hydrogen) atoms. The van der Waals surface area contributed by atoms with E-state index in [1.165, 1.54) is 9.91 Å². The number of hydrazone groups is 1. The molecule has 1 aliphatic heterocycles. The van der Waals surface area contributed by atoms with Crippen LogP contribution in [-0.4, -0.2) is 71.1 Å². The van der Waals surface area contributed by atoms with Crippen molar-refractivity contribution < 1.29 is 23.1 Å². The number of benzene rings is 1. The molecule has 2 N–H and O–H groups in total. The van der Waals surface area contributed by atoms with Crippen LogP contribution in [0.3, 0.4) is 0 Å². The Balaban J connectivity index is 2.34. The van der Waals surface area contributed by atoms with E-state index < -0.39 is 31.2 Å². The molecule has 0 bridgehead atoms. The topological polar surface area (TPSA) is 104 Å². The fraction of sp³-hybridized carbons (Fsp3) is 0.474. The molecule has 168 valence electrons. The quantitative estimate of drug-likeness (QED) is 0.214. The minimum absolute atomic E-state index is 0.0221. The zero-order valence-corrected chi connectivity index (χ0v) is 17.5. The number of aliphatic hydroxyl groups is 1. The highest BCUT2D eigenvalue weighted by molar-refractivity contribution is 6.30. The Morgan fingerprint density at radius 3 is 2.68 bits per heavy atom. The molecule has 0 spiro atoms. The van der Waals surface area contributed by atoms with E-state index in [1.54, 1.807) is 37.4 Å². The van der Waals surface area contributed by atoms with Gasteiger partial charge >= 0.3 is 6.18 Å². The van der Waals surface area contributed by atoms with Crippen molar-refractivity contribution in [2.24, 2.45) is 10.1 Å².